The summed E-state index contributed by atoms with van der Waals surface area (Å²) in [7, 11) is 0. The molecule has 0 aliphatic carbocycles. The maximum atomic E-state index is 11.1. The number of β-amino-alcohol motifs (C(OH)–C–C–N with tert-alkyl or cyclic N) is 1. The highest BCUT2D eigenvalue weighted by Crippen LogP contribution is 2.36. The second-order valence-corrected chi connectivity index (χ2v) is 5.18. The molecule has 2 heterocycles. The van der Waals surface area contributed by atoms with Crippen LogP contribution in [0.2, 0.25) is 0 Å². The van der Waals surface area contributed by atoms with Gasteiger partial charge in [-0.15, -0.1) is 0 Å². The Hall–Kier alpha value is -2.72. The lowest BCUT2D eigenvalue weighted by molar-refractivity contribution is -0.383. The van der Waals surface area contributed by atoms with Crippen LogP contribution in [0.3, 0.4) is 0 Å². The molecule has 1 aromatic heterocycles. The third-order valence-electron chi connectivity index (χ3n) is 3.64. The fraction of sp³-hybridized carbons (Fsp3) is 0.286. The number of nitrogens with zero attached hydrogens (tertiary/aromatic N) is 4. The van der Waals surface area contributed by atoms with E-state index in [1.807, 2.05) is 11.0 Å². The molecular weight excluding hydrogens is 272 g/mol. The average Bonchev–Trinajstić information content (AvgIpc) is 2.43. The van der Waals surface area contributed by atoms with Gasteiger partial charge in [0.15, 0.2) is 0 Å². The van der Waals surface area contributed by atoms with Crippen LogP contribution in [0.25, 0.3) is 10.9 Å². The van der Waals surface area contributed by atoms with Gasteiger partial charge in [-0.2, -0.15) is 5.26 Å². The molecule has 1 fully saturated rings. The topological polar surface area (TPSA) is 103 Å². The van der Waals surface area contributed by atoms with Crippen LogP contribution in [0.1, 0.15) is 6.42 Å². The number of non-ortho nitro benzene ring substituents is 1. The molecule has 1 aromatic carbocycles. The van der Waals surface area contributed by atoms with E-state index >= 15 is 0 Å². The first kappa shape index (κ1) is 13.3. The summed E-state index contributed by atoms with van der Waals surface area (Å²) in [4.78, 5) is 16.7. The summed E-state index contributed by atoms with van der Waals surface area (Å²) in [6.45, 7) is 0.647. The van der Waals surface area contributed by atoms with Crippen molar-refractivity contribution in [1.82, 2.24) is 4.98 Å². The number of aliphatic hydroxyl groups is 1. The lowest BCUT2D eigenvalue weighted by Gasteiger charge is -2.46. The number of benzene rings is 1. The minimum absolute atomic E-state index is 0.00894. The molecule has 2 aromatic rings. The number of hydrogen-bond acceptors (Lipinski definition) is 6. The molecular formula is C14H12N4O3. The molecule has 7 nitrogen and oxygen atoms in total. The number of anilines is 1. The van der Waals surface area contributed by atoms with Crippen molar-refractivity contribution in [2.75, 3.05) is 18.0 Å². The molecule has 3 rings (SSSR count). The van der Waals surface area contributed by atoms with Gasteiger partial charge < -0.3 is 10.0 Å². The summed E-state index contributed by atoms with van der Waals surface area (Å²) >= 11 is 0. The molecule has 1 aliphatic rings. The molecule has 0 unspecified atom stereocenters. The molecule has 21 heavy (non-hydrogen) atoms. The Balaban J connectivity index is 2.01. The van der Waals surface area contributed by atoms with E-state index in [4.69, 9.17) is 5.26 Å². The first-order valence-electron chi connectivity index (χ1n) is 6.40. The Bertz CT molecular complexity index is 762. The summed E-state index contributed by atoms with van der Waals surface area (Å²) in [6.07, 6.45) is 1.65. The molecule has 106 valence electrons. The number of aromatic nitrogens is 1. The van der Waals surface area contributed by atoms with Crippen LogP contribution in [0.4, 0.5) is 11.4 Å². The first-order valence-corrected chi connectivity index (χ1v) is 6.40. The molecule has 0 atom stereocenters. The summed E-state index contributed by atoms with van der Waals surface area (Å²) in [5.74, 6) is 0. The number of rotatable bonds is 3. The zero-order chi connectivity index (χ0) is 15.0. The fourth-order valence-corrected chi connectivity index (χ4v) is 2.65. The van der Waals surface area contributed by atoms with Crippen molar-refractivity contribution in [3.05, 3.63) is 40.6 Å². The van der Waals surface area contributed by atoms with Gasteiger partial charge in [0.1, 0.15) is 11.1 Å². The zero-order valence-electron chi connectivity index (χ0n) is 11.1. The number of hydrogen-bond donors (Lipinski definition) is 1. The Morgan fingerprint density at radius 2 is 2.24 bits per heavy atom. The molecule has 0 saturated carbocycles. The summed E-state index contributed by atoms with van der Waals surface area (Å²) in [6, 6.07) is 8.36. The van der Waals surface area contributed by atoms with Gasteiger partial charge in [-0.1, -0.05) is 0 Å². The van der Waals surface area contributed by atoms with E-state index in [1.54, 1.807) is 24.4 Å². The van der Waals surface area contributed by atoms with Gasteiger partial charge in [0, 0.05) is 25.4 Å². The van der Waals surface area contributed by atoms with Crippen molar-refractivity contribution >= 4 is 22.3 Å². The van der Waals surface area contributed by atoms with Crippen LogP contribution >= 0.6 is 0 Å². The molecule has 0 amide bonds. The average molecular weight is 284 g/mol. The van der Waals surface area contributed by atoms with Crippen molar-refractivity contribution in [1.29, 1.82) is 5.26 Å². The highest BCUT2D eigenvalue weighted by Gasteiger charge is 2.42. The van der Waals surface area contributed by atoms with Crippen LogP contribution in [-0.4, -0.2) is 33.7 Å². The van der Waals surface area contributed by atoms with Crippen molar-refractivity contribution in [2.45, 2.75) is 12.0 Å². The lowest BCUT2D eigenvalue weighted by atomic mass is 9.90. The third kappa shape index (κ3) is 2.15. The van der Waals surface area contributed by atoms with Gasteiger partial charge >= 0.3 is 0 Å². The van der Waals surface area contributed by atoms with E-state index < -0.39 is 10.5 Å². The number of nitriles is 1. The molecule has 1 N–H and O–H groups in total. The fourth-order valence-electron chi connectivity index (χ4n) is 2.65. The predicted molar refractivity (Wildman–Crippen MR) is 75.8 cm³/mol. The van der Waals surface area contributed by atoms with Crippen molar-refractivity contribution in [2.24, 2.45) is 0 Å². The maximum absolute atomic E-state index is 11.1. The van der Waals surface area contributed by atoms with Crippen LogP contribution in [0, 0.1) is 21.4 Å². The van der Waals surface area contributed by atoms with Crippen LogP contribution in [0.5, 0.6) is 0 Å². The van der Waals surface area contributed by atoms with Crippen molar-refractivity contribution in [3.8, 4) is 6.07 Å². The van der Waals surface area contributed by atoms with E-state index in [-0.39, 0.29) is 12.1 Å². The van der Waals surface area contributed by atoms with Crippen LogP contribution in [0.15, 0.2) is 30.5 Å². The van der Waals surface area contributed by atoms with Gasteiger partial charge in [0.2, 0.25) is 0 Å². The Morgan fingerprint density at radius 1 is 1.48 bits per heavy atom. The van der Waals surface area contributed by atoms with Crippen molar-refractivity contribution < 1.29 is 10.0 Å². The highest BCUT2D eigenvalue weighted by molar-refractivity contribution is 5.97. The van der Waals surface area contributed by atoms with Gasteiger partial charge in [-0.3, -0.25) is 15.1 Å². The normalized spacial score (nSPS) is 16.3. The number of pyridine rings is 1. The Labute approximate surface area is 120 Å². The molecule has 1 saturated heterocycles. The quantitative estimate of drug-likeness (QED) is 0.678. The monoisotopic (exact) mass is 284 g/mol. The molecule has 7 heteroatoms. The predicted octanol–water partition coefficient (Wildman–Crippen LogP) is 1.61. The third-order valence-corrected chi connectivity index (χ3v) is 3.64. The molecule has 0 bridgehead atoms. The Morgan fingerprint density at radius 3 is 2.90 bits per heavy atom. The van der Waals surface area contributed by atoms with E-state index in [0.717, 1.165) is 5.69 Å². The first-order chi connectivity index (χ1) is 10.0. The molecule has 1 aliphatic heterocycles. The standard InChI is InChI=1S/C14H12N4O3/c15-6-5-14(19)8-17(9-14)12-4-3-11(18(20)21)10-2-1-7-16-13(10)12/h1-4,7,19H,5,8-9H2. The van der Waals surface area contributed by atoms with E-state index in [2.05, 4.69) is 4.98 Å². The van der Waals surface area contributed by atoms with Gasteiger partial charge in [0.25, 0.3) is 5.69 Å². The maximum Gasteiger partial charge on any atom is 0.278 e. The van der Waals surface area contributed by atoms with Crippen LogP contribution < -0.4 is 4.90 Å². The van der Waals surface area contributed by atoms with Crippen LogP contribution in [-0.2, 0) is 0 Å². The highest BCUT2D eigenvalue weighted by atomic mass is 16.6. The van der Waals surface area contributed by atoms with Crippen molar-refractivity contribution in [3.63, 3.8) is 0 Å². The molecule has 0 radical (unpaired) electrons. The summed E-state index contributed by atoms with van der Waals surface area (Å²) in [5, 5.41) is 30.3. The SMILES string of the molecule is N#CCC1(O)CN(c2ccc([N+](=O)[O-])c3cccnc23)C1. The summed E-state index contributed by atoms with van der Waals surface area (Å²) in [5.41, 5.74) is 0.275. The largest absolute Gasteiger partial charge is 0.385 e. The summed E-state index contributed by atoms with van der Waals surface area (Å²) < 4.78 is 0. The minimum atomic E-state index is -1.00. The van der Waals surface area contributed by atoms with Gasteiger partial charge in [0.05, 0.1) is 28.5 Å². The van der Waals surface area contributed by atoms with E-state index in [1.165, 1.54) is 6.07 Å². The number of nitro groups is 1. The minimum Gasteiger partial charge on any atom is -0.385 e. The van der Waals surface area contributed by atoms with Gasteiger partial charge in [-0.25, -0.2) is 0 Å². The number of nitro benzene ring substituents is 1. The molecule has 0 spiro atoms. The van der Waals surface area contributed by atoms with Gasteiger partial charge in [-0.05, 0) is 18.2 Å². The smallest absolute Gasteiger partial charge is 0.278 e. The number of fused-ring (bicyclic) bond motifs is 1. The second kappa shape index (κ2) is 4.68. The van der Waals surface area contributed by atoms with E-state index in [0.29, 0.717) is 24.0 Å². The Kier molecular flexibility index (Phi) is 2.96. The lowest BCUT2D eigenvalue weighted by Crippen LogP contribution is -2.61. The zero-order valence-corrected chi connectivity index (χ0v) is 11.1. The second-order valence-electron chi connectivity index (χ2n) is 5.18. The van der Waals surface area contributed by atoms with E-state index in [9.17, 15) is 15.2 Å².